The molecule has 0 heterocycles. The van der Waals surface area contributed by atoms with Gasteiger partial charge in [0.05, 0.1) is 0 Å². The average molecular weight is 295 g/mol. The highest BCUT2D eigenvalue weighted by Gasteiger charge is 2.14. The van der Waals surface area contributed by atoms with E-state index in [9.17, 15) is 4.21 Å². The number of benzene rings is 1. The standard InChI is InChI=1S/C17H29NOS/c1-13(20(6)19)11-12-18-14(2)15-7-9-16(10-8-15)17(3,4)5/h7-10,13-14,18H,11-12H2,1-6H3. The zero-order chi connectivity index (χ0) is 15.3. The van der Waals surface area contributed by atoms with E-state index in [1.807, 2.05) is 6.92 Å². The van der Waals surface area contributed by atoms with Gasteiger partial charge in [0.2, 0.25) is 0 Å². The number of rotatable bonds is 6. The molecule has 20 heavy (non-hydrogen) atoms. The zero-order valence-corrected chi connectivity index (χ0v) is 14.5. The van der Waals surface area contributed by atoms with Crippen molar-refractivity contribution in [1.29, 1.82) is 0 Å². The second kappa shape index (κ2) is 7.37. The van der Waals surface area contributed by atoms with Crippen LogP contribution in [0.2, 0.25) is 0 Å². The molecule has 0 aliphatic carbocycles. The Morgan fingerprint density at radius 2 is 1.70 bits per heavy atom. The molecular weight excluding hydrogens is 266 g/mol. The SMILES string of the molecule is CC(NCCC(C)S(C)=O)c1ccc(C(C)(C)C)cc1. The van der Waals surface area contributed by atoms with Crippen LogP contribution in [0.1, 0.15) is 58.2 Å². The van der Waals surface area contributed by atoms with Crippen LogP contribution in [-0.2, 0) is 16.2 Å². The molecule has 0 saturated carbocycles. The summed E-state index contributed by atoms with van der Waals surface area (Å²) >= 11 is 0. The van der Waals surface area contributed by atoms with Gasteiger partial charge in [-0.25, -0.2) is 0 Å². The maximum absolute atomic E-state index is 11.3. The van der Waals surface area contributed by atoms with Crippen molar-refractivity contribution in [3.8, 4) is 0 Å². The minimum Gasteiger partial charge on any atom is -0.310 e. The summed E-state index contributed by atoms with van der Waals surface area (Å²) in [5, 5.41) is 3.77. The van der Waals surface area contributed by atoms with Gasteiger partial charge in [0.25, 0.3) is 0 Å². The van der Waals surface area contributed by atoms with E-state index in [2.05, 4.69) is 57.3 Å². The second-order valence-corrected chi connectivity index (χ2v) is 8.45. The molecule has 1 N–H and O–H groups in total. The lowest BCUT2D eigenvalue weighted by Crippen LogP contribution is -2.24. The molecule has 1 aromatic rings. The summed E-state index contributed by atoms with van der Waals surface area (Å²) < 4.78 is 11.3. The van der Waals surface area contributed by atoms with Gasteiger partial charge >= 0.3 is 0 Å². The highest BCUT2D eigenvalue weighted by molar-refractivity contribution is 7.84. The normalized spacial score (nSPS) is 16.7. The monoisotopic (exact) mass is 295 g/mol. The third-order valence-corrected chi connectivity index (χ3v) is 5.21. The minimum absolute atomic E-state index is 0.204. The van der Waals surface area contributed by atoms with Crippen LogP contribution in [0.15, 0.2) is 24.3 Å². The Morgan fingerprint density at radius 1 is 1.15 bits per heavy atom. The molecular formula is C17H29NOS. The predicted molar refractivity (Wildman–Crippen MR) is 89.7 cm³/mol. The van der Waals surface area contributed by atoms with Crippen LogP contribution < -0.4 is 5.32 Å². The summed E-state index contributed by atoms with van der Waals surface area (Å²) in [5.74, 6) is 0. The van der Waals surface area contributed by atoms with Gasteiger partial charge in [0, 0.05) is 28.3 Å². The molecule has 2 nitrogen and oxygen atoms in total. The zero-order valence-electron chi connectivity index (χ0n) is 13.7. The molecule has 0 spiro atoms. The van der Waals surface area contributed by atoms with E-state index in [0.717, 1.165) is 13.0 Å². The Kier molecular flexibility index (Phi) is 6.41. The van der Waals surface area contributed by atoms with Crippen LogP contribution in [0.25, 0.3) is 0 Å². The van der Waals surface area contributed by atoms with Gasteiger partial charge in [-0.2, -0.15) is 0 Å². The van der Waals surface area contributed by atoms with Crippen molar-refractivity contribution in [2.45, 2.75) is 57.7 Å². The Morgan fingerprint density at radius 3 is 2.15 bits per heavy atom. The Hall–Kier alpha value is -0.670. The van der Waals surface area contributed by atoms with Crippen molar-refractivity contribution in [2.24, 2.45) is 0 Å². The smallest absolute Gasteiger partial charge is 0.0329 e. The molecule has 0 saturated heterocycles. The maximum Gasteiger partial charge on any atom is 0.0329 e. The molecule has 0 aliphatic heterocycles. The fraction of sp³-hybridized carbons (Fsp3) is 0.647. The average Bonchev–Trinajstić information content (AvgIpc) is 2.37. The largest absolute Gasteiger partial charge is 0.310 e. The summed E-state index contributed by atoms with van der Waals surface area (Å²) in [6.45, 7) is 11.8. The van der Waals surface area contributed by atoms with Gasteiger partial charge in [0.1, 0.15) is 0 Å². The Bertz CT molecular complexity index is 433. The third kappa shape index (κ3) is 5.37. The first-order valence-corrected chi connectivity index (χ1v) is 9.00. The van der Waals surface area contributed by atoms with Gasteiger partial charge in [-0.15, -0.1) is 0 Å². The van der Waals surface area contributed by atoms with Crippen LogP contribution in [0.3, 0.4) is 0 Å². The summed E-state index contributed by atoms with van der Waals surface area (Å²) in [7, 11) is -0.723. The number of hydrogen-bond donors (Lipinski definition) is 1. The van der Waals surface area contributed by atoms with Crippen molar-refractivity contribution in [1.82, 2.24) is 5.32 Å². The van der Waals surface area contributed by atoms with E-state index < -0.39 is 10.8 Å². The van der Waals surface area contributed by atoms with Crippen molar-refractivity contribution in [3.05, 3.63) is 35.4 Å². The lowest BCUT2D eigenvalue weighted by molar-refractivity contribution is 0.552. The molecule has 3 heteroatoms. The number of nitrogens with one attached hydrogen (secondary N) is 1. The van der Waals surface area contributed by atoms with Crippen LogP contribution in [0.5, 0.6) is 0 Å². The van der Waals surface area contributed by atoms with E-state index >= 15 is 0 Å². The van der Waals surface area contributed by atoms with Gasteiger partial charge in [-0.3, -0.25) is 4.21 Å². The molecule has 0 bridgehead atoms. The third-order valence-electron chi connectivity index (χ3n) is 3.84. The van der Waals surface area contributed by atoms with Crippen molar-refractivity contribution < 1.29 is 4.21 Å². The fourth-order valence-electron chi connectivity index (χ4n) is 2.06. The number of hydrogen-bond acceptors (Lipinski definition) is 2. The summed E-state index contributed by atoms with van der Waals surface area (Å²) in [4.78, 5) is 0. The maximum atomic E-state index is 11.3. The lowest BCUT2D eigenvalue weighted by atomic mass is 9.86. The topological polar surface area (TPSA) is 29.1 Å². The summed E-state index contributed by atoms with van der Waals surface area (Å²) in [5.41, 5.74) is 2.88. The Balaban J connectivity index is 2.52. The van der Waals surface area contributed by atoms with Gasteiger partial charge < -0.3 is 5.32 Å². The van der Waals surface area contributed by atoms with Crippen LogP contribution in [-0.4, -0.2) is 22.3 Å². The van der Waals surface area contributed by atoms with Crippen LogP contribution in [0.4, 0.5) is 0 Å². The molecule has 3 atom stereocenters. The molecule has 114 valence electrons. The van der Waals surface area contributed by atoms with Crippen molar-refractivity contribution in [2.75, 3.05) is 12.8 Å². The molecule has 0 fully saturated rings. The highest BCUT2D eigenvalue weighted by atomic mass is 32.2. The second-order valence-electron chi connectivity index (χ2n) is 6.65. The van der Waals surface area contributed by atoms with E-state index in [1.165, 1.54) is 11.1 Å². The van der Waals surface area contributed by atoms with E-state index in [-0.39, 0.29) is 10.7 Å². The molecule has 1 rings (SSSR count). The molecule has 0 aliphatic rings. The van der Waals surface area contributed by atoms with E-state index in [0.29, 0.717) is 6.04 Å². The quantitative estimate of drug-likeness (QED) is 0.865. The minimum atomic E-state index is -0.723. The molecule has 0 amide bonds. The molecule has 1 aromatic carbocycles. The molecule has 3 unspecified atom stereocenters. The highest BCUT2D eigenvalue weighted by Crippen LogP contribution is 2.23. The van der Waals surface area contributed by atoms with E-state index in [4.69, 9.17) is 0 Å². The molecule has 0 aromatic heterocycles. The van der Waals surface area contributed by atoms with Crippen LogP contribution >= 0.6 is 0 Å². The first kappa shape index (κ1) is 17.4. The van der Waals surface area contributed by atoms with Crippen LogP contribution in [0, 0.1) is 0 Å². The Labute approximate surface area is 126 Å². The van der Waals surface area contributed by atoms with Gasteiger partial charge in [-0.05, 0) is 36.4 Å². The predicted octanol–water partition coefficient (Wildman–Crippen LogP) is 3.79. The van der Waals surface area contributed by atoms with Crippen molar-refractivity contribution >= 4 is 10.8 Å². The molecule has 0 radical (unpaired) electrons. The fourth-order valence-corrected chi connectivity index (χ4v) is 2.51. The summed E-state index contributed by atoms with van der Waals surface area (Å²) in [6.07, 6.45) is 2.73. The lowest BCUT2D eigenvalue weighted by Gasteiger charge is -2.21. The van der Waals surface area contributed by atoms with Gasteiger partial charge in [0.15, 0.2) is 0 Å². The van der Waals surface area contributed by atoms with Crippen molar-refractivity contribution in [3.63, 3.8) is 0 Å². The van der Waals surface area contributed by atoms with E-state index in [1.54, 1.807) is 6.26 Å². The van der Waals surface area contributed by atoms with Gasteiger partial charge in [-0.1, -0.05) is 52.0 Å². The summed E-state index contributed by atoms with van der Waals surface area (Å²) in [6, 6.07) is 9.19. The first-order valence-electron chi connectivity index (χ1n) is 7.38. The first-order chi connectivity index (χ1) is 9.21.